The number of rotatable bonds is 3. The van der Waals surface area contributed by atoms with Crippen LogP contribution in [0.2, 0.25) is 0 Å². The van der Waals surface area contributed by atoms with Crippen LogP contribution in [0.1, 0.15) is 31.2 Å². The quantitative estimate of drug-likeness (QED) is 0.732. The van der Waals surface area contributed by atoms with Crippen molar-refractivity contribution in [3.8, 4) is 5.75 Å². The second kappa shape index (κ2) is 6.06. The number of amides is 1. The SMILES string of the molecule is Cc1cc(O)ccc1NC(=O)C1CCC(CN)CC1. The summed E-state index contributed by atoms with van der Waals surface area (Å²) < 4.78 is 0. The molecule has 0 aromatic heterocycles. The number of phenolic OH excluding ortho intramolecular Hbond substituents is 1. The average Bonchev–Trinajstić information content (AvgIpc) is 2.42. The third kappa shape index (κ3) is 3.47. The highest BCUT2D eigenvalue weighted by molar-refractivity contribution is 5.93. The summed E-state index contributed by atoms with van der Waals surface area (Å²) in [5.74, 6) is 0.985. The van der Waals surface area contributed by atoms with Crippen molar-refractivity contribution >= 4 is 11.6 Å². The van der Waals surface area contributed by atoms with E-state index in [9.17, 15) is 9.90 Å². The van der Waals surface area contributed by atoms with E-state index < -0.39 is 0 Å². The Kier molecular flexibility index (Phi) is 4.43. The second-order valence-corrected chi connectivity index (χ2v) is 5.44. The lowest BCUT2D eigenvalue weighted by Gasteiger charge is -2.27. The minimum Gasteiger partial charge on any atom is -0.508 e. The fourth-order valence-corrected chi connectivity index (χ4v) is 2.68. The number of hydrogen-bond donors (Lipinski definition) is 3. The molecule has 0 heterocycles. The van der Waals surface area contributed by atoms with E-state index in [1.165, 1.54) is 0 Å². The van der Waals surface area contributed by atoms with Gasteiger partial charge in [-0.3, -0.25) is 4.79 Å². The molecule has 0 saturated heterocycles. The van der Waals surface area contributed by atoms with Gasteiger partial charge in [-0.2, -0.15) is 0 Å². The maximum absolute atomic E-state index is 12.2. The van der Waals surface area contributed by atoms with Crippen molar-refractivity contribution in [1.82, 2.24) is 0 Å². The molecule has 0 radical (unpaired) electrons. The molecule has 0 unspecified atom stereocenters. The van der Waals surface area contributed by atoms with Crippen LogP contribution in [-0.4, -0.2) is 17.6 Å². The number of carbonyl (C=O) groups excluding carboxylic acids is 1. The molecule has 19 heavy (non-hydrogen) atoms. The van der Waals surface area contributed by atoms with Gasteiger partial charge in [-0.1, -0.05) is 0 Å². The van der Waals surface area contributed by atoms with E-state index in [1.54, 1.807) is 18.2 Å². The third-order valence-corrected chi connectivity index (χ3v) is 4.02. The number of anilines is 1. The molecule has 2 rings (SSSR count). The molecule has 0 spiro atoms. The summed E-state index contributed by atoms with van der Waals surface area (Å²) in [6.45, 7) is 2.60. The van der Waals surface area contributed by atoms with E-state index >= 15 is 0 Å². The van der Waals surface area contributed by atoms with Crippen molar-refractivity contribution in [2.24, 2.45) is 17.6 Å². The van der Waals surface area contributed by atoms with Crippen LogP contribution in [0.4, 0.5) is 5.69 Å². The zero-order valence-electron chi connectivity index (χ0n) is 11.4. The highest BCUT2D eigenvalue weighted by atomic mass is 16.3. The lowest BCUT2D eigenvalue weighted by molar-refractivity contribution is -0.121. The smallest absolute Gasteiger partial charge is 0.227 e. The predicted molar refractivity (Wildman–Crippen MR) is 76.0 cm³/mol. The summed E-state index contributed by atoms with van der Waals surface area (Å²) >= 11 is 0. The Bertz CT molecular complexity index is 451. The van der Waals surface area contributed by atoms with Crippen molar-refractivity contribution in [3.05, 3.63) is 23.8 Å². The highest BCUT2D eigenvalue weighted by Crippen LogP contribution is 2.29. The number of carbonyl (C=O) groups is 1. The van der Waals surface area contributed by atoms with E-state index in [-0.39, 0.29) is 17.6 Å². The van der Waals surface area contributed by atoms with Gasteiger partial charge in [0.15, 0.2) is 0 Å². The van der Waals surface area contributed by atoms with Crippen LogP contribution in [0.15, 0.2) is 18.2 Å². The molecule has 0 bridgehead atoms. The van der Waals surface area contributed by atoms with Gasteiger partial charge in [-0.25, -0.2) is 0 Å². The number of nitrogens with one attached hydrogen (secondary N) is 1. The first-order valence-corrected chi connectivity index (χ1v) is 6.90. The Morgan fingerprint density at radius 3 is 2.63 bits per heavy atom. The van der Waals surface area contributed by atoms with Crippen molar-refractivity contribution in [1.29, 1.82) is 0 Å². The van der Waals surface area contributed by atoms with Crippen LogP contribution < -0.4 is 11.1 Å². The normalized spacial score (nSPS) is 23.1. The minimum absolute atomic E-state index is 0.0873. The molecular formula is C15H22N2O2. The van der Waals surface area contributed by atoms with Crippen molar-refractivity contribution in [2.45, 2.75) is 32.6 Å². The van der Waals surface area contributed by atoms with Gasteiger partial charge in [0, 0.05) is 11.6 Å². The van der Waals surface area contributed by atoms with Gasteiger partial charge < -0.3 is 16.2 Å². The van der Waals surface area contributed by atoms with Crippen LogP contribution in [-0.2, 0) is 4.79 Å². The van der Waals surface area contributed by atoms with Gasteiger partial charge >= 0.3 is 0 Å². The van der Waals surface area contributed by atoms with E-state index in [0.29, 0.717) is 5.92 Å². The van der Waals surface area contributed by atoms with Crippen molar-refractivity contribution < 1.29 is 9.90 Å². The Morgan fingerprint density at radius 2 is 2.05 bits per heavy atom. The second-order valence-electron chi connectivity index (χ2n) is 5.44. The number of aromatic hydroxyl groups is 1. The van der Waals surface area contributed by atoms with E-state index in [0.717, 1.165) is 43.5 Å². The molecule has 1 amide bonds. The molecule has 1 aromatic rings. The van der Waals surface area contributed by atoms with Gasteiger partial charge in [0.1, 0.15) is 5.75 Å². The average molecular weight is 262 g/mol. The summed E-state index contributed by atoms with van der Waals surface area (Å²) in [4.78, 5) is 12.2. The van der Waals surface area contributed by atoms with Gasteiger partial charge in [0.2, 0.25) is 5.91 Å². The molecule has 1 saturated carbocycles. The molecule has 4 nitrogen and oxygen atoms in total. The van der Waals surface area contributed by atoms with E-state index in [2.05, 4.69) is 5.32 Å². The van der Waals surface area contributed by atoms with Gasteiger partial charge in [0.05, 0.1) is 0 Å². The van der Waals surface area contributed by atoms with Crippen LogP contribution >= 0.6 is 0 Å². The summed E-state index contributed by atoms with van der Waals surface area (Å²) in [6, 6.07) is 4.99. The van der Waals surface area contributed by atoms with E-state index in [4.69, 9.17) is 5.73 Å². The maximum Gasteiger partial charge on any atom is 0.227 e. The first-order chi connectivity index (χ1) is 9.10. The van der Waals surface area contributed by atoms with Crippen molar-refractivity contribution in [2.75, 3.05) is 11.9 Å². The number of phenols is 1. The molecule has 0 atom stereocenters. The van der Waals surface area contributed by atoms with Crippen LogP contribution in [0.5, 0.6) is 5.75 Å². The molecule has 104 valence electrons. The number of nitrogens with two attached hydrogens (primary N) is 1. The third-order valence-electron chi connectivity index (χ3n) is 4.02. The van der Waals surface area contributed by atoms with Crippen molar-refractivity contribution in [3.63, 3.8) is 0 Å². The number of hydrogen-bond acceptors (Lipinski definition) is 3. The molecular weight excluding hydrogens is 240 g/mol. The van der Waals surface area contributed by atoms with Gasteiger partial charge in [-0.15, -0.1) is 0 Å². The molecule has 1 aliphatic carbocycles. The zero-order chi connectivity index (χ0) is 13.8. The molecule has 0 aliphatic heterocycles. The summed E-state index contributed by atoms with van der Waals surface area (Å²) in [6.07, 6.45) is 3.93. The zero-order valence-corrected chi connectivity index (χ0v) is 11.4. The Hall–Kier alpha value is -1.55. The summed E-state index contributed by atoms with van der Waals surface area (Å²) in [5, 5.41) is 12.3. The molecule has 1 aliphatic rings. The van der Waals surface area contributed by atoms with Gasteiger partial charge in [-0.05, 0) is 68.8 Å². The van der Waals surface area contributed by atoms with Crippen LogP contribution in [0.3, 0.4) is 0 Å². The first-order valence-electron chi connectivity index (χ1n) is 6.90. The summed E-state index contributed by atoms with van der Waals surface area (Å²) in [7, 11) is 0. The Labute approximate surface area is 114 Å². The number of aryl methyl sites for hydroxylation is 1. The fourth-order valence-electron chi connectivity index (χ4n) is 2.68. The van der Waals surface area contributed by atoms with Crippen LogP contribution in [0, 0.1) is 18.8 Å². The van der Waals surface area contributed by atoms with Gasteiger partial charge in [0.25, 0.3) is 0 Å². The molecule has 1 aromatic carbocycles. The summed E-state index contributed by atoms with van der Waals surface area (Å²) in [5.41, 5.74) is 7.32. The highest BCUT2D eigenvalue weighted by Gasteiger charge is 2.25. The lowest BCUT2D eigenvalue weighted by atomic mass is 9.81. The fraction of sp³-hybridized carbons (Fsp3) is 0.533. The standard InChI is InChI=1S/C15H22N2O2/c1-10-8-13(18)6-7-14(10)17-15(19)12-4-2-11(9-16)3-5-12/h6-8,11-12,18H,2-5,9,16H2,1H3,(H,17,19). The number of benzene rings is 1. The largest absolute Gasteiger partial charge is 0.508 e. The van der Waals surface area contributed by atoms with Crippen LogP contribution in [0.25, 0.3) is 0 Å². The Balaban J connectivity index is 1.94. The topological polar surface area (TPSA) is 75.3 Å². The first kappa shape index (κ1) is 13.9. The maximum atomic E-state index is 12.2. The molecule has 1 fully saturated rings. The molecule has 4 N–H and O–H groups in total. The molecule has 4 heteroatoms. The van der Waals surface area contributed by atoms with E-state index in [1.807, 2.05) is 6.92 Å². The monoisotopic (exact) mass is 262 g/mol. The lowest BCUT2D eigenvalue weighted by Crippen LogP contribution is -2.29. The minimum atomic E-state index is 0.0873. The predicted octanol–water partition coefficient (Wildman–Crippen LogP) is 2.40. The Morgan fingerprint density at radius 1 is 1.37 bits per heavy atom.